The lowest BCUT2D eigenvalue weighted by molar-refractivity contribution is 0.133. The number of rotatable bonds is 8. The number of hydrogen-bond donors (Lipinski definition) is 1. The molecule has 0 atom stereocenters. The van der Waals surface area contributed by atoms with Gasteiger partial charge in [0.1, 0.15) is 0 Å². The Labute approximate surface area is 74.0 Å². The Morgan fingerprint density at radius 2 is 1.45 bits per heavy atom. The van der Waals surface area contributed by atoms with Crippen LogP contribution in [-0.2, 0) is 4.84 Å². The van der Waals surface area contributed by atoms with Gasteiger partial charge >= 0.3 is 0 Å². The number of alkyl halides is 1. The molecular weight excluding hydrogens is 162 g/mol. The first-order chi connectivity index (χ1) is 5.41. The molecule has 0 fully saturated rings. The van der Waals surface area contributed by atoms with Crippen molar-refractivity contribution < 1.29 is 4.84 Å². The average molecular weight is 180 g/mol. The van der Waals surface area contributed by atoms with Crippen molar-refractivity contribution in [2.45, 2.75) is 38.5 Å². The first-order valence-corrected chi connectivity index (χ1v) is 4.83. The summed E-state index contributed by atoms with van der Waals surface area (Å²) in [5.41, 5.74) is 0. The van der Waals surface area contributed by atoms with Crippen molar-refractivity contribution in [2.24, 2.45) is 5.90 Å². The van der Waals surface area contributed by atoms with E-state index >= 15 is 0 Å². The second kappa shape index (κ2) is 10.2. The minimum absolute atomic E-state index is 0.690. The monoisotopic (exact) mass is 179 g/mol. The molecule has 0 saturated carbocycles. The molecule has 3 heteroatoms. The van der Waals surface area contributed by atoms with Crippen molar-refractivity contribution in [3.63, 3.8) is 0 Å². The molecule has 0 radical (unpaired) electrons. The molecule has 0 saturated heterocycles. The van der Waals surface area contributed by atoms with Gasteiger partial charge in [0, 0.05) is 5.88 Å². The van der Waals surface area contributed by atoms with Crippen molar-refractivity contribution >= 4 is 11.6 Å². The maximum atomic E-state index is 5.53. The second-order valence-corrected chi connectivity index (χ2v) is 3.06. The summed E-state index contributed by atoms with van der Waals surface area (Å²) >= 11 is 5.53. The summed E-state index contributed by atoms with van der Waals surface area (Å²) in [4.78, 5) is 4.45. The van der Waals surface area contributed by atoms with Gasteiger partial charge in [0.15, 0.2) is 0 Å². The van der Waals surface area contributed by atoms with Crippen molar-refractivity contribution in [1.82, 2.24) is 0 Å². The van der Waals surface area contributed by atoms with Gasteiger partial charge in [-0.05, 0) is 12.8 Å². The van der Waals surface area contributed by atoms with E-state index in [1.165, 1.54) is 25.7 Å². The van der Waals surface area contributed by atoms with E-state index in [0.29, 0.717) is 6.61 Å². The van der Waals surface area contributed by atoms with E-state index in [9.17, 15) is 0 Å². The van der Waals surface area contributed by atoms with Gasteiger partial charge in [-0.15, -0.1) is 11.6 Å². The highest BCUT2D eigenvalue weighted by Gasteiger charge is 1.89. The summed E-state index contributed by atoms with van der Waals surface area (Å²) in [5.74, 6) is 5.67. The van der Waals surface area contributed by atoms with Gasteiger partial charge < -0.3 is 4.84 Å². The van der Waals surface area contributed by atoms with Gasteiger partial charge in [-0.2, -0.15) is 0 Å². The van der Waals surface area contributed by atoms with E-state index in [-0.39, 0.29) is 0 Å². The molecule has 0 spiro atoms. The van der Waals surface area contributed by atoms with Gasteiger partial charge in [0.25, 0.3) is 0 Å². The van der Waals surface area contributed by atoms with Crippen LogP contribution in [0.3, 0.4) is 0 Å². The van der Waals surface area contributed by atoms with Crippen LogP contribution in [0.2, 0.25) is 0 Å². The number of unbranched alkanes of at least 4 members (excludes halogenated alkanes) is 5. The van der Waals surface area contributed by atoms with Crippen LogP contribution in [0, 0.1) is 0 Å². The zero-order valence-electron chi connectivity index (χ0n) is 7.02. The third-order valence-corrected chi connectivity index (χ3v) is 1.91. The minimum atomic E-state index is 0.690. The van der Waals surface area contributed by atoms with Gasteiger partial charge in [0.05, 0.1) is 6.61 Å². The molecule has 2 N–H and O–H groups in total. The van der Waals surface area contributed by atoms with E-state index < -0.39 is 0 Å². The molecule has 0 aliphatic carbocycles. The molecular formula is C8H18ClNO. The highest BCUT2D eigenvalue weighted by molar-refractivity contribution is 6.17. The Balaban J connectivity index is 2.69. The number of halogens is 1. The van der Waals surface area contributed by atoms with E-state index in [1.54, 1.807) is 0 Å². The molecule has 68 valence electrons. The van der Waals surface area contributed by atoms with Crippen LogP contribution in [0.25, 0.3) is 0 Å². The normalized spacial score (nSPS) is 10.4. The standard InChI is InChI=1S/C8H18ClNO/c9-7-5-3-1-2-4-6-8-11-10/h1-8,10H2. The van der Waals surface area contributed by atoms with Crippen LogP contribution < -0.4 is 5.90 Å². The van der Waals surface area contributed by atoms with Crippen LogP contribution in [0.5, 0.6) is 0 Å². The molecule has 0 aliphatic rings. The summed E-state index contributed by atoms with van der Waals surface area (Å²) < 4.78 is 0. The molecule has 0 aliphatic heterocycles. The smallest absolute Gasteiger partial charge is 0.0679 e. The summed E-state index contributed by atoms with van der Waals surface area (Å²) in [5, 5.41) is 0. The second-order valence-electron chi connectivity index (χ2n) is 2.68. The Morgan fingerprint density at radius 1 is 0.909 bits per heavy atom. The summed E-state index contributed by atoms with van der Waals surface area (Å²) in [6.07, 6.45) is 7.27. The van der Waals surface area contributed by atoms with Crippen molar-refractivity contribution in [1.29, 1.82) is 0 Å². The summed E-state index contributed by atoms with van der Waals surface area (Å²) in [6, 6.07) is 0. The van der Waals surface area contributed by atoms with E-state index in [2.05, 4.69) is 4.84 Å². The largest absolute Gasteiger partial charge is 0.305 e. The molecule has 0 aromatic heterocycles. The highest BCUT2D eigenvalue weighted by atomic mass is 35.5. The highest BCUT2D eigenvalue weighted by Crippen LogP contribution is 2.05. The lowest BCUT2D eigenvalue weighted by atomic mass is 10.1. The molecule has 0 heterocycles. The van der Waals surface area contributed by atoms with Gasteiger partial charge in [-0.1, -0.05) is 25.7 Å². The fourth-order valence-electron chi connectivity index (χ4n) is 0.987. The van der Waals surface area contributed by atoms with Crippen LogP contribution in [0.4, 0.5) is 0 Å². The van der Waals surface area contributed by atoms with Crippen molar-refractivity contribution in [3.8, 4) is 0 Å². The third kappa shape index (κ3) is 10.2. The van der Waals surface area contributed by atoms with Crippen molar-refractivity contribution in [3.05, 3.63) is 0 Å². The Bertz CT molecular complexity index is 63.1. The molecule has 0 bridgehead atoms. The molecule has 0 aromatic carbocycles. The number of hydrogen-bond acceptors (Lipinski definition) is 2. The molecule has 0 aromatic rings. The molecule has 0 rings (SSSR count). The lowest BCUT2D eigenvalue weighted by Gasteiger charge is -1.98. The van der Waals surface area contributed by atoms with Gasteiger partial charge in [0.2, 0.25) is 0 Å². The predicted octanol–water partition coefficient (Wildman–Crippen LogP) is 2.46. The van der Waals surface area contributed by atoms with Crippen LogP contribution in [0.15, 0.2) is 0 Å². The quantitative estimate of drug-likeness (QED) is 0.353. The predicted molar refractivity (Wildman–Crippen MR) is 48.6 cm³/mol. The molecule has 0 unspecified atom stereocenters. The molecule has 11 heavy (non-hydrogen) atoms. The zero-order chi connectivity index (χ0) is 8.36. The Kier molecular flexibility index (Phi) is 10.4. The maximum Gasteiger partial charge on any atom is 0.0679 e. The number of nitrogens with two attached hydrogens (primary N) is 1. The minimum Gasteiger partial charge on any atom is -0.305 e. The van der Waals surface area contributed by atoms with Gasteiger partial charge in [-0.25, -0.2) is 5.90 Å². The topological polar surface area (TPSA) is 35.2 Å². The fourth-order valence-corrected chi connectivity index (χ4v) is 1.18. The van der Waals surface area contributed by atoms with E-state index in [1.807, 2.05) is 0 Å². The van der Waals surface area contributed by atoms with Gasteiger partial charge in [-0.3, -0.25) is 0 Å². The lowest BCUT2D eigenvalue weighted by Crippen LogP contribution is -2.00. The Morgan fingerprint density at radius 3 is 2.00 bits per heavy atom. The van der Waals surface area contributed by atoms with E-state index in [4.69, 9.17) is 17.5 Å². The van der Waals surface area contributed by atoms with Crippen LogP contribution in [0.1, 0.15) is 38.5 Å². The van der Waals surface area contributed by atoms with Crippen LogP contribution >= 0.6 is 11.6 Å². The summed E-state index contributed by atoms with van der Waals surface area (Å²) in [6.45, 7) is 0.690. The summed E-state index contributed by atoms with van der Waals surface area (Å²) in [7, 11) is 0. The van der Waals surface area contributed by atoms with E-state index in [0.717, 1.165) is 18.7 Å². The maximum absolute atomic E-state index is 5.53. The Hall–Kier alpha value is 0.210. The fraction of sp³-hybridized carbons (Fsp3) is 1.00. The first kappa shape index (κ1) is 11.2. The zero-order valence-corrected chi connectivity index (χ0v) is 7.78. The molecule has 2 nitrogen and oxygen atoms in total. The average Bonchev–Trinajstić information content (AvgIpc) is 2.03. The third-order valence-electron chi connectivity index (χ3n) is 1.65. The van der Waals surface area contributed by atoms with Crippen LogP contribution in [-0.4, -0.2) is 12.5 Å². The first-order valence-electron chi connectivity index (χ1n) is 4.29. The molecule has 0 amide bonds. The SMILES string of the molecule is NOCCCCCCCCCl. The van der Waals surface area contributed by atoms with Crippen molar-refractivity contribution in [2.75, 3.05) is 12.5 Å².